The lowest BCUT2D eigenvalue weighted by Crippen LogP contribution is -2.49. The third-order valence-corrected chi connectivity index (χ3v) is 4.86. The van der Waals surface area contributed by atoms with Gasteiger partial charge in [0, 0.05) is 16.6 Å². The highest BCUT2D eigenvalue weighted by Crippen LogP contribution is 2.32. The fourth-order valence-electron chi connectivity index (χ4n) is 3.15. The van der Waals surface area contributed by atoms with Gasteiger partial charge in [-0.1, -0.05) is 41.4 Å². The van der Waals surface area contributed by atoms with Crippen LogP contribution >= 0.6 is 15.9 Å². The van der Waals surface area contributed by atoms with Gasteiger partial charge in [0.05, 0.1) is 12.6 Å². The number of nitrogens with two attached hydrogens (primary N) is 1. The standard InChI is InChI=1S/C16H25BrN2O/c1-2-15(18)16(12-6-8-13(17)9-7-12)19-10-4-3-5-14(19)11-20/h6-9,14-16,20H,2-5,10-11,18H2,1H3. The summed E-state index contributed by atoms with van der Waals surface area (Å²) in [6, 6.07) is 8.98. The van der Waals surface area contributed by atoms with Crippen LogP contribution in [-0.2, 0) is 0 Å². The summed E-state index contributed by atoms with van der Waals surface area (Å²) in [6.45, 7) is 3.39. The lowest BCUT2D eigenvalue weighted by molar-refractivity contribution is 0.0416. The van der Waals surface area contributed by atoms with Gasteiger partial charge < -0.3 is 10.8 Å². The third-order valence-electron chi connectivity index (χ3n) is 4.33. The fourth-order valence-corrected chi connectivity index (χ4v) is 3.42. The highest BCUT2D eigenvalue weighted by atomic mass is 79.9. The molecule has 0 aromatic heterocycles. The maximum atomic E-state index is 9.67. The molecule has 2 rings (SSSR count). The number of benzene rings is 1. The summed E-state index contributed by atoms with van der Waals surface area (Å²) in [7, 11) is 0. The molecule has 3 unspecified atom stereocenters. The van der Waals surface area contributed by atoms with Crippen molar-refractivity contribution < 1.29 is 5.11 Å². The summed E-state index contributed by atoms with van der Waals surface area (Å²) in [6.07, 6.45) is 4.41. The first-order valence-electron chi connectivity index (χ1n) is 7.55. The Labute approximate surface area is 130 Å². The summed E-state index contributed by atoms with van der Waals surface area (Å²) in [4.78, 5) is 2.42. The number of rotatable bonds is 5. The highest BCUT2D eigenvalue weighted by molar-refractivity contribution is 9.10. The Hall–Kier alpha value is -0.420. The molecule has 1 heterocycles. The van der Waals surface area contributed by atoms with E-state index in [-0.39, 0.29) is 24.7 Å². The Morgan fingerprint density at radius 1 is 1.35 bits per heavy atom. The summed E-state index contributed by atoms with van der Waals surface area (Å²) in [5.74, 6) is 0. The fraction of sp³-hybridized carbons (Fsp3) is 0.625. The van der Waals surface area contributed by atoms with E-state index in [1.54, 1.807) is 0 Å². The van der Waals surface area contributed by atoms with Gasteiger partial charge in [-0.15, -0.1) is 0 Å². The lowest BCUT2D eigenvalue weighted by Gasteiger charge is -2.43. The van der Waals surface area contributed by atoms with Crippen LogP contribution in [0.15, 0.2) is 28.7 Å². The van der Waals surface area contributed by atoms with E-state index in [4.69, 9.17) is 5.73 Å². The smallest absolute Gasteiger partial charge is 0.0587 e. The largest absolute Gasteiger partial charge is 0.395 e. The van der Waals surface area contributed by atoms with Gasteiger partial charge in [0.1, 0.15) is 0 Å². The van der Waals surface area contributed by atoms with Gasteiger partial charge in [0.2, 0.25) is 0 Å². The molecule has 0 amide bonds. The van der Waals surface area contributed by atoms with Crippen molar-refractivity contribution in [1.82, 2.24) is 4.90 Å². The van der Waals surface area contributed by atoms with Crippen LogP contribution in [-0.4, -0.2) is 35.2 Å². The average Bonchev–Trinajstić information content (AvgIpc) is 2.49. The Morgan fingerprint density at radius 2 is 2.05 bits per heavy atom. The topological polar surface area (TPSA) is 49.5 Å². The minimum Gasteiger partial charge on any atom is -0.395 e. The Morgan fingerprint density at radius 3 is 2.65 bits per heavy atom. The first-order valence-corrected chi connectivity index (χ1v) is 8.34. The van der Waals surface area contributed by atoms with Crippen molar-refractivity contribution in [3.63, 3.8) is 0 Å². The second-order valence-corrected chi connectivity index (χ2v) is 6.55. The van der Waals surface area contributed by atoms with E-state index in [9.17, 15) is 5.11 Å². The van der Waals surface area contributed by atoms with Gasteiger partial charge in [-0.2, -0.15) is 0 Å². The Balaban J connectivity index is 2.28. The number of piperidine rings is 1. The second-order valence-electron chi connectivity index (χ2n) is 5.64. The molecule has 0 aliphatic carbocycles. The molecule has 3 nitrogen and oxygen atoms in total. The minimum atomic E-state index is 0.100. The number of hydrogen-bond acceptors (Lipinski definition) is 3. The van der Waals surface area contributed by atoms with Crippen LogP contribution in [0.3, 0.4) is 0 Å². The summed E-state index contributed by atoms with van der Waals surface area (Å²) in [5, 5.41) is 9.67. The molecule has 0 radical (unpaired) electrons. The van der Waals surface area contributed by atoms with Crippen molar-refractivity contribution in [2.75, 3.05) is 13.2 Å². The SMILES string of the molecule is CCC(N)C(c1ccc(Br)cc1)N1CCCCC1CO. The number of aliphatic hydroxyl groups excluding tert-OH is 1. The van der Waals surface area contributed by atoms with E-state index in [0.717, 1.165) is 23.9 Å². The molecule has 0 saturated carbocycles. The minimum absolute atomic E-state index is 0.100. The van der Waals surface area contributed by atoms with Crippen molar-refractivity contribution in [2.24, 2.45) is 5.73 Å². The molecule has 3 N–H and O–H groups in total. The Kier molecular flexibility index (Phi) is 6.02. The number of aliphatic hydroxyl groups is 1. The van der Waals surface area contributed by atoms with Gasteiger partial charge >= 0.3 is 0 Å². The molecule has 4 heteroatoms. The molecular formula is C16H25BrN2O. The zero-order valence-corrected chi connectivity index (χ0v) is 13.7. The van der Waals surface area contributed by atoms with Crippen LogP contribution in [0.1, 0.15) is 44.2 Å². The van der Waals surface area contributed by atoms with Crippen molar-refractivity contribution in [3.05, 3.63) is 34.3 Å². The van der Waals surface area contributed by atoms with Gasteiger partial charge in [0.25, 0.3) is 0 Å². The number of nitrogens with zero attached hydrogens (tertiary/aromatic N) is 1. The summed E-state index contributed by atoms with van der Waals surface area (Å²) < 4.78 is 1.09. The van der Waals surface area contributed by atoms with E-state index in [1.807, 2.05) is 0 Å². The summed E-state index contributed by atoms with van der Waals surface area (Å²) >= 11 is 3.49. The molecule has 112 valence electrons. The molecule has 1 aliphatic heterocycles. The van der Waals surface area contributed by atoms with Crippen LogP contribution in [0.4, 0.5) is 0 Å². The van der Waals surface area contributed by atoms with Crippen LogP contribution in [0.25, 0.3) is 0 Å². The first kappa shape index (κ1) is 16.0. The van der Waals surface area contributed by atoms with E-state index in [0.29, 0.717) is 0 Å². The Bertz CT molecular complexity index is 409. The molecule has 0 bridgehead atoms. The number of hydrogen-bond donors (Lipinski definition) is 2. The van der Waals surface area contributed by atoms with E-state index in [2.05, 4.69) is 52.0 Å². The predicted octanol–water partition coefficient (Wildman–Crippen LogP) is 3.07. The molecule has 0 spiro atoms. The molecule has 1 fully saturated rings. The predicted molar refractivity (Wildman–Crippen MR) is 86.6 cm³/mol. The highest BCUT2D eigenvalue weighted by Gasteiger charge is 2.32. The van der Waals surface area contributed by atoms with E-state index < -0.39 is 0 Å². The van der Waals surface area contributed by atoms with Crippen molar-refractivity contribution in [1.29, 1.82) is 0 Å². The molecule has 1 aromatic carbocycles. The van der Waals surface area contributed by atoms with Gasteiger partial charge in [-0.05, 0) is 43.5 Å². The third kappa shape index (κ3) is 3.61. The van der Waals surface area contributed by atoms with Crippen molar-refractivity contribution >= 4 is 15.9 Å². The van der Waals surface area contributed by atoms with Crippen molar-refractivity contribution in [3.8, 4) is 0 Å². The molecular weight excluding hydrogens is 316 g/mol. The molecule has 1 saturated heterocycles. The van der Waals surface area contributed by atoms with Gasteiger partial charge in [0.15, 0.2) is 0 Å². The molecule has 1 aromatic rings. The number of halogens is 1. The molecule has 20 heavy (non-hydrogen) atoms. The van der Waals surface area contributed by atoms with Gasteiger partial charge in [-0.25, -0.2) is 0 Å². The maximum absolute atomic E-state index is 9.67. The summed E-state index contributed by atoms with van der Waals surface area (Å²) in [5.41, 5.74) is 7.65. The first-order chi connectivity index (χ1) is 9.67. The zero-order chi connectivity index (χ0) is 14.5. The van der Waals surface area contributed by atoms with E-state index >= 15 is 0 Å². The lowest BCUT2D eigenvalue weighted by atomic mass is 9.91. The quantitative estimate of drug-likeness (QED) is 0.865. The van der Waals surface area contributed by atoms with Crippen LogP contribution < -0.4 is 5.73 Å². The van der Waals surface area contributed by atoms with Gasteiger partial charge in [-0.3, -0.25) is 4.90 Å². The van der Waals surface area contributed by atoms with Crippen LogP contribution in [0, 0.1) is 0 Å². The van der Waals surface area contributed by atoms with E-state index in [1.165, 1.54) is 18.4 Å². The van der Waals surface area contributed by atoms with Crippen LogP contribution in [0.5, 0.6) is 0 Å². The molecule has 1 aliphatic rings. The monoisotopic (exact) mass is 340 g/mol. The second kappa shape index (κ2) is 7.55. The van der Waals surface area contributed by atoms with Crippen LogP contribution in [0.2, 0.25) is 0 Å². The molecule has 3 atom stereocenters. The number of likely N-dealkylation sites (tertiary alicyclic amines) is 1. The average molecular weight is 341 g/mol. The normalized spacial score (nSPS) is 23.5. The maximum Gasteiger partial charge on any atom is 0.0587 e. The van der Waals surface area contributed by atoms with Crippen molar-refractivity contribution in [2.45, 2.75) is 50.7 Å². The zero-order valence-electron chi connectivity index (χ0n) is 12.1.